The Bertz CT molecular complexity index is 402. The first kappa shape index (κ1) is 11.6. The summed E-state index contributed by atoms with van der Waals surface area (Å²) < 4.78 is 0. The number of aliphatic carboxylic acids is 1. The van der Waals surface area contributed by atoms with Gasteiger partial charge in [0.15, 0.2) is 0 Å². The van der Waals surface area contributed by atoms with Crippen LogP contribution in [0.4, 0.5) is 0 Å². The molecule has 6 heteroatoms. The van der Waals surface area contributed by atoms with Crippen molar-refractivity contribution in [2.45, 2.75) is 31.7 Å². The summed E-state index contributed by atoms with van der Waals surface area (Å²) in [5.41, 5.74) is 0.760. The van der Waals surface area contributed by atoms with Gasteiger partial charge in [0.05, 0.1) is 12.8 Å². The van der Waals surface area contributed by atoms with E-state index in [1.165, 1.54) is 0 Å². The number of carbonyl (C=O) groups excluding carboxylic acids is 1. The van der Waals surface area contributed by atoms with Gasteiger partial charge in [-0.1, -0.05) is 0 Å². The second-order valence-corrected chi connectivity index (χ2v) is 4.24. The Morgan fingerprint density at radius 1 is 1.59 bits per heavy atom. The van der Waals surface area contributed by atoms with E-state index >= 15 is 0 Å². The van der Waals surface area contributed by atoms with Crippen LogP contribution in [0.25, 0.3) is 0 Å². The zero-order valence-corrected chi connectivity index (χ0v) is 9.43. The molecule has 1 aromatic heterocycles. The van der Waals surface area contributed by atoms with Crippen molar-refractivity contribution in [1.29, 1.82) is 0 Å². The molecule has 1 atom stereocenters. The summed E-state index contributed by atoms with van der Waals surface area (Å²) in [6.07, 6.45) is 3.56. The highest BCUT2D eigenvalue weighted by Gasteiger charge is 2.30. The third-order valence-electron chi connectivity index (χ3n) is 3.01. The Morgan fingerprint density at radius 2 is 2.41 bits per heavy atom. The van der Waals surface area contributed by atoms with Crippen LogP contribution >= 0.6 is 0 Å². The SMILES string of the molecule is O=C(O)CC1CCCN1C(=O)Cc1ccn[nH]1. The zero-order chi connectivity index (χ0) is 12.3. The number of rotatable bonds is 4. The molecule has 0 aromatic carbocycles. The minimum Gasteiger partial charge on any atom is -0.481 e. The lowest BCUT2D eigenvalue weighted by atomic mass is 10.1. The van der Waals surface area contributed by atoms with Gasteiger partial charge in [0.25, 0.3) is 0 Å². The van der Waals surface area contributed by atoms with Crippen LogP contribution in [0.15, 0.2) is 12.3 Å². The largest absolute Gasteiger partial charge is 0.481 e. The molecule has 1 aliphatic heterocycles. The van der Waals surface area contributed by atoms with Crippen molar-refractivity contribution in [1.82, 2.24) is 15.1 Å². The first-order chi connectivity index (χ1) is 8.16. The van der Waals surface area contributed by atoms with Crippen LogP contribution in [0.5, 0.6) is 0 Å². The standard InChI is InChI=1S/C11H15N3O3/c15-10(6-8-3-4-12-13-8)14-5-1-2-9(14)7-11(16)17/h3-4,9H,1-2,5-7H2,(H,12,13)(H,16,17). The van der Waals surface area contributed by atoms with Gasteiger partial charge in [0.2, 0.25) is 5.91 Å². The number of hydrogen-bond acceptors (Lipinski definition) is 3. The summed E-state index contributed by atoms with van der Waals surface area (Å²) in [6.45, 7) is 0.658. The van der Waals surface area contributed by atoms with Gasteiger partial charge in [0.1, 0.15) is 0 Å². The summed E-state index contributed by atoms with van der Waals surface area (Å²) in [5, 5.41) is 15.3. The monoisotopic (exact) mass is 237 g/mol. The molecular formula is C11H15N3O3. The summed E-state index contributed by atoms with van der Waals surface area (Å²) in [6, 6.07) is 1.60. The van der Waals surface area contributed by atoms with Crippen molar-refractivity contribution in [2.75, 3.05) is 6.54 Å². The molecule has 6 nitrogen and oxygen atoms in total. The second kappa shape index (κ2) is 4.99. The van der Waals surface area contributed by atoms with Crippen LogP contribution in [0.2, 0.25) is 0 Å². The number of hydrogen-bond donors (Lipinski definition) is 2. The van der Waals surface area contributed by atoms with Gasteiger partial charge >= 0.3 is 5.97 Å². The van der Waals surface area contributed by atoms with Crippen molar-refractivity contribution in [2.24, 2.45) is 0 Å². The van der Waals surface area contributed by atoms with Gasteiger partial charge in [-0.3, -0.25) is 14.7 Å². The third kappa shape index (κ3) is 2.83. The normalized spacial score (nSPS) is 19.5. The third-order valence-corrected chi connectivity index (χ3v) is 3.01. The van der Waals surface area contributed by atoms with E-state index in [2.05, 4.69) is 10.2 Å². The van der Waals surface area contributed by atoms with Crippen LogP contribution in [0.1, 0.15) is 25.0 Å². The van der Waals surface area contributed by atoms with Crippen molar-refractivity contribution in [3.8, 4) is 0 Å². The minimum atomic E-state index is -0.851. The van der Waals surface area contributed by atoms with Crippen LogP contribution in [0.3, 0.4) is 0 Å². The van der Waals surface area contributed by atoms with Crippen LogP contribution in [-0.4, -0.2) is 44.7 Å². The van der Waals surface area contributed by atoms with E-state index < -0.39 is 5.97 Å². The highest BCUT2D eigenvalue weighted by Crippen LogP contribution is 2.21. The predicted molar refractivity (Wildman–Crippen MR) is 59.3 cm³/mol. The lowest BCUT2D eigenvalue weighted by Crippen LogP contribution is -2.37. The molecule has 2 N–H and O–H groups in total. The van der Waals surface area contributed by atoms with Crippen molar-refractivity contribution in [3.05, 3.63) is 18.0 Å². The summed E-state index contributed by atoms with van der Waals surface area (Å²) in [5.74, 6) is -0.880. The van der Waals surface area contributed by atoms with Gasteiger partial charge in [0, 0.05) is 24.5 Å². The summed E-state index contributed by atoms with van der Waals surface area (Å²) >= 11 is 0. The van der Waals surface area contributed by atoms with Crippen molar-refractivity contribution < 1.29 is 14.7 Å². The summed E-state index contributed by atoms with van der Waals surface area (Å²) in [7, 11) is 0. The summed E-state index contributed by atoms with van der Waals surface area (Å²) in [4.78, 5) is 24.4. The van der Waals surface area contributed by atoms with E-state index in [0.29, 0.717) is 6.54 Å². The number of aromatic nitrogens is 2. The highest BCUT2D eigenvalue weighted by atomic mass is 16.4. The molecule has 0 spiro atoms. The van der Waals surface area contributed by atoms with Gasteiger partial charge in [-0.2, -0.15) is 5.10 Å². The zero-order valence-electron chi connectivity index (χ0n) is 9.43. The van der Waals surface area contributed by atoms with Crippen LogP contribution < -0.4 is 0 Å². The second-order valence-electron chi connectivity index (χ2n) is 4.24. The molecule has 0 saturated carbocycles. The highest BCUT2D eigenvalue weighted by molar-refractivity contribution is 5.79. The minimum absolute atomic E-state index is 0.0296. The van der Waals surface area contributed by atoms with E-state index in [1.54, 1.807) is 17.2 Å². The lowest BCUT2D eigenvalue weighted by Gasteiger charge is -2.23. The van der Waals surface area contributed by atoms with E-state index in [0.717, 1.165) is 18.5 Å². The Balaban J connectivity index is 1.96. The maximum Gasteiger partial charge on any atom is 0.305 e. The molecule has 1 fully saturated rings. The molecule has 17 heavy (non-hydrogen) atoms. The van der Waals surface area contributed by atoms with Crippen LogP contribution in [-0.2, 0) is 16.0 Å². The Hall–Kier alpha value is -1.85. The maximum absolute atomic E-state index is 12.0. The molecule has 2 heterocycles. The Kier molecular flexibility index (Phi) is 3.41. The number of amides is 1. The number of nitrogens with one attached hydrogen (secondary N) is 1. The van der Waals surface area contributed by atoms with Crippen LogP contribution in [0, 0.1) is 0 Å². The number of nitrogens with zero attached hydrogens (tertiary/aromatic N) is 2. The van der Waals surface area contributed by atoms with E-state index in [4.69, 9.17) is 5.11 Å². The van der Waals surface area contributed by atoms with Gasteiger partial charge < -0.3 is 10.0 Å². The molecular weight excluding hydrogens is 222 g/mol. The Morgan fingerprint density at radius 3 is 3.06 bits per heavy atom. The average molecular weight is 237 g/mol. The molecule has 1 aliphatic rings. The van der Waals surface area contributed by atoms with Gasteiger partial charge in [-0.25, -0.2) is 0 Å². The first-order valence-corrected chi connectivity index (χ1v) is 5.66. The van der Waals surface area contributed by atoms with Crippen molar-refractivity contribution >= 4 is 11.9 Å². The number of H-pyrrole nitrogens is 1. The molecule has 0 bridgehead atoms. The molecule has 1 aromatic rings. The molecule has 1 saturated heterocycles. The molecule has 1 amide bonds. The number of carboxylic acid groups (broad SMARTS) is 1. The van der Waals surface area contributed by atoms with Gasteiger partial charge in [-0.05, 0) is 18.9 Å². The maximum atomic E-state index is 12.0. The fourth-order valence-corrected chi connectivity index (χ4v) is 2.23. The van der Waals surface area contributed by atoms with E-state index in [-0.39, 0.29) is 24.8 Å². The van der Waals surface area contributed by atoms with Crippen molar-refractivity contribution in [3.63, 3.8) is 0 Å². The van der Waals surface area contributed by atoms with E-state index in [1.807, 2.05) is 0 Å². The smallest absolute Gasteiger partial charge is 0.305 e. The number of aromatic amines is 1. The topological polar surface area (TPSA) is 86.3 Å². The predicted octanol–water partition coefficient (Wildman–Crippen LogP) is 0.418. The van der Waals surface area contributed by atoms with E-state index in [9.17, 15) is 9.59 Å². The van der Waals surface area contributed by atoms with Gasteiger partial charge in [-0.15, -0.1) is 0 Å². The fourth-order valence-electron chi connectivity index (χ4n) is 2.23. The number of carbonyl (C=O) groups is 2. The Labute approximate surface area is 98.6 Å². The quantitative estimate of drug-likeness (QED) is 0.794. The molecule has 2 rings (SSSR count). The number of likely N-dealkylation sites (tertiary alicyclic amines) is 1. The molecule has 0 aliphatic carbocycles. The lowest BCUT2D eigenvalue weighted by molar-refractivity contribution is -0.139. The first-order valence-electron chi connectivity index (χ1n) is 5.66. The molecule has 92 valence electrons. The molecule has 0 radical (unpaired) electrons. The average Bonchev–Trinajstić information content (AvgIpc) is 2.87. The number of carboxylic acids is 1. The molecule has 1 unspecified atom stereocenters. The fraction of sp³-hybridized carbons (Fsp3) is 0.545.